The van der Waals surface area contributed by atoms with Gasteiger partial charge in [-0.2, -0.15) is 0 Å². The molecule has 0 bridgehead atoms. The number of hydrogen-bond donors (Lipinski definition) is 2. The van der Waals surface area contributed by atoms with Crippen molar-refractivity contribution in [2.75, 3.05) is 6.61 Å². The molecule has 0 aliphatic rings. The Morgan fingerprint density at radius 3 is 2.56 bits per heavy atom. The molecule has 0 spiro atoms. The van der Waals surface area contributed by atoms with Gasteiger partial charge in [-0.15, -0.1) is 0 Å². The molecule has 0 saturated heterocycles. The highest BCUT2D eigenvalue weighted by Gasteiger charge is 2.39. The van der Waals surface area contributed by atoms with E-state index in [1.807, 2.05) is 0 Å². The van der Waals surface area contributed by atoms with Crippen LogP contribution in [-0.2, 0) is 5.54 Å². The predicted octanol–water partition coefficient (Wildman–Crippen LogP) is 2.39. The number of aliphatic hydroxyl groups excluding tert-OH is 1. The fourth-order valence-corrected chi connectivity index (χ4v) is 1.76. The lowest BCUT2D eigenvalue weighted by molar-refractivity contribution is 0.0338. The van der Waals surface area contributed by atoms with Crippen molar-refractivity contribution in [3.63, 3.8) is 0 Å². The number of alkyl halides is 2. The summed E-state index contributed by atoms with van der Waals surface area (Å²) in [4.78, 5) is 0. The molecule has 16 heavy (non-hydrogen) atoms. The number of benzene rings is 1. The molecule has 0 radical (unpaired) electrons. The Morgan fingerprint density at radius 1 is 1.44 bits per heavy atom. The molecule has 0 fully saturated rings. The first kappa shape index (κ1) is 13.5. The highest BCUT2D eigenvalue weighted by atomic mass is 79.9. The summed E-state index contributed by atoms with van der Waals surface area (Å²) in [5, 5.41) is 8.72. The average Bonchev–Trinajstić information content (AvgIpc) is 2.21. The molecule has 0 amide bonds. The minimum atomic E-state index is -2.96. The van der Waals surface area contributed by atoms with Crippen LogP contribution < -0.4 is 5.73 Å². The Bertz CT molecular complexity index is 375. The summed E-state index contributed by atoms with van der Waals surface area (Å²) < 4.78 is 39.6. The average molecular weight is 298 g/mol. The molecule has 1 rings (SSSR count). The molecule has 0 aromatic heterocycles. The largest absolute Gasteiger partial charge is 0.396 e. The molecule has 0 aliphatic carbocycles. The zero-order valence-electron chi connectivity index (χ0n) is 8.26. The van der Waals surface area contributed by atoms with E-state index in [-0.39, 0.29) is 5.56 Å². The van der Waals surface area contributed by atoms with Crippen molar-refractivity contribution in [1.29, 1.82) is 0 Å². The molecule has 0 heterocycles. The third-order valence-corrected chi connectivity index (χ3v) is 2.84. The summed E-state index contributed by atoms with van der Waals surface area (Å²) in [6, 6.07) is 3.65. The summed E-state index contributed by atoms with van der Waals surface area (Å²) in [6.45, 7) is -0.535. The van der Waals surface area contributed by atoms with Crippen LogP contribution in [0, 0.1) is 5.82 Å². The van der Waals surface area contributed by atoms with Gasteiger partial charge >= 0.3 is 0 Å². The van der Waals surface area contributed by atoms with Crippen molar-refractivity contribution in [2.24, 2.45) is 5.73 Å². The highest BCUT2D eigenvalue weighted by Crippen LogP contribution is 2.32. The van der Waals surface area contributed by atoms with Gasteiger partial charge in [0.1, 0.15) is 11.4 Å². The lowest BCUT2D eigenvalue weighted by Crippen LogP contribution is -2.45. The van der Waals surface area contributed by atoms with Crippen LogP contribution >= 0.6 is 15.9 Å². The van der Waals surface area contributed by atoms with Gasteiger partial charge in [0.05, 0.1) is 0 Å². The van der Waals surface area contributed by atoms with Gasteiger partial charge in [0.15, 0.2) is 0 Å². The monoisotopic (exact) mass is 297 g/mol. The molecule has 2 nitrogen and oxygen atoms in total. The molecule has 1 atom stereocenters. The van der Waals surface area contributed by atoms with Crippen LogP contribution in [0.3, 0.4) is 0 Å². The summed E-state index contributed by atoms with van der Waals surface area (Å²) >= 11 is 3.06. The first-order valence-electron chi connectivity index (χ1n) is 4.55. The third-order valence-electron chi connectivity index (χ3n) is 2.34. The minimum absolute atomic E-state index is 0.300. The Hall–Kier alpha value is -0.590. The van der Waals surface area contributed by atoms with Gasteiger partial charge in [-0.3, -0.25) is 0 Å². The van der Waals surface area contributed by atoms with Crippen molar-refractivity contribution >= 4 is 15.9 Å². The molecule has 1 aromatic rings. The van der Waals surface area contributed by atoms with Crippen LogP contribution in [0.15, 0.2) is 22.7 Å². The number of hydrogen-bond acceptors (Lipinski definition) is 2. The van der Waals surface area contributed by atoms with E-state index in [0.29, 0.717) is 4.47 Å². The molecule has 1 aromatic carbocycles. The third kappa shape index (κ3) is 2.56. The molecule has 1 unspecified atom stereocenters. The van der Waals surface area contributed by atoms with Gasteiger partial charge in [-0.25, -0.2) is 13.2 Å². The number of aliphatic hydroxyl groups is 1. The number of nitrogens with two attached hydrogens (primary N) is 1. The van der Waals surface area contributed by atoms with Gasteiger partial charge in [0, 0.05) is 16.6 Å². The molecule has 0 aliphatic heterocycles. The van der Waals surface area contributed by atoms with Crippen molar-refractivity contribution in [1.82, 2.24) is 0 Å². The second-order valence-electron chi connectivity index (χ2n) is 3.44. The van der Waals surface area contributed by atoms with Crippen LogP contribution in [0.25, 0.3) is 0 Å². The zero-order chi connectivity index (χ0) is 12.3. The smallest absolute Gasteiger partial charge is 0.260 e. The van der Waals surface area contributed by atoms with E-state index in [0.717, 1.165) is 6.07 Å². The van der Waals surface area contributed by atoms with Crippen molar-refractivity contribution in [3.05, 3.63) is 34.1 Å². The standard InChI is InChI=1S/C10H11BrF3NO/c11-6-1-2-8(12)7(5-6)10(15,3-4-16)9(13)14/h1-2,5,9,16H,3-4,15H2. The van der Waals surface area contributed by atoms with E-state index >= 15 is 0 Å². The minimum Gasteiger partial charge on any atom is -0.396 e. The van der Waals surface area contributed by atoms with E-state index in [1.54, 1.807) is 0 Å². The maximum Gasteiger partial charge on any atom is 0.260 e. The van der Waals surface area contributed by atoms with E-state index in [2.05, 4.69) is 15.9 Å². The zero-order valence-corrected chi connectivity index (χ0v) is 9.85. The number of rotatable bonds is 4. The van der Waals surface area contributed by atoms with Gasteiger partial charge in [0.2, 0.25) is 0 Å². The first-order valence-corrected chi connectivity index (χ1v) is 5.34. The van der Waals surface area contributed by atoms with Gasteiger partial charge in [0.25, 0.3) is 6.43 Å². The number of halogens is 4. The maximum absolute atomic E-state index is 13.4. The maximum atomic E-state index is 13.4. The van der Waals surface area contributed by atoms with Crippen LogP contribution in [0.1, 0.15) is 12.0 Å². The van der Waals surface area contributed by atoms with Gasteiger partial charge in [-0.1, -0.05) is 15.9 Å². The Balaban J connectivity index is 3.25. The summed E-state index contributed by atoms with van der Waals surface area (Å²) in [5.74, 6) is -0.806. The van der Waals surface area contributed by atoms with Gasteiger partial charge in [-0.05, 0) is 24.6 Å². The lowest BCUT2D eigenvalue weighted by atomic mass is 9.88. The van der Waals surface area contributed by atoms with Crippen molar-refractivity contribution in [2.45, 2.75) is 18.4 Å². The van der Waals surface area contributed by atoms with E-state index in [4.69, 9.17) is 10.8 Å². The van der Waals surface area contributed by atoms with E-state index < -0.39 is 30.8 Å². The molecule has 6 heteroatoms. The topological polar surface area (TPSA) is 46.2 Å². The molecule has 90 valence electrons. The predicted molar refractivity (Wildman–Crippen MR) is 57.7 cm³/mol. The fourth-order valence-electron chi connectivity index (χ4n) is 1.40. The lowest BCUT2D eigenvalue weighted by Gasteiger charge is -2.28. The Labute approximate surface area is 99.4 Å². The Morgan fingerprint density at radius 2 is 2.06 bits per heavy atom. The normalized spacial score (nSPS) is 15.2. The van der Waals surface area contributed by atoms with Gasteiger partial charge < -0.3 is 10.8 Å². The second-order valence-corrected chi connectivity index (χ2v) is 4.35. The second kappa shape index (κ2) is 5.16. The van der Waals surface area contributed by atoms with Crippen molar-refractivity contribution < 1.29 is 18.3 Å². The van der Waals surface area contributed by atoms with Crippen LogP contribution in [-0.4, -0.2) is 18.1 Å². The SMILES string of the molecule is NC(CCO)(c1cc(Br)ccc1F)C(F)F. The van der Waals surface area contributed by atoms with Crippen molar-refractivity contribution in [3.8, 4) is 0 Å². The Kier molecular flexibility index (Phi) is 4.35. The summed E-state index contributed by atoms with van der Waals surface area (Å²) in [7, 11) is 0. The molecular formula is C10H11BrF3NO. The molecular weight excluding hydrogens is 287 g/mol. The fraction of sp³-hybridized carbons (Fsp3) is 0.400. The van der Waals surface area contributed by atoms with E-state index in [1.165, 1.54) is 12.1 Å². The van der Waals surface area contributed by atoms with Crippen LogP contribution in [0.5, 0.6) is 0 Å². The quantitative estimate of drug-likeness (QED) is 0.896. The summed E-state index contributed by atoms with van der Waals surface area (Å²) in [6.07, 6.45) is -3.36. The first-order chi connectivity index (χ1) is 7.41. The molecule has 0 saturated carbocycles. The molecule has 3 N–H and O–H groups in total. The van der Waals surface area contributed by atoms with E-state index in [9.17, 15) is 13.2 Å². The van der Waals surface area contributed by atoms with Crippen LogP contribution in [0.4, 0.5) is 13.2 Å². The highest BCUT2D eigenvalue weighted by molar-refractivity contribution is 9.10. The summed E-state index contributed by atoms with van der Waals surface area (Å²) in [5.41, 5.74) is 3.01. The van der Waals surface area contributed by atoms with Crippen LogP contribution in [0.2, 0.25) is 0 Å².